The molecule has 9 heavy (non-hydrogen) atoms. The van der Waals surface area contributed by atoms with Crippen LogP contribution in [0.4, 0.5) is 0 Å². The SMILES string of the molecule is CN(C)CCC(N)(N)N. The maximum absolute atomic E-state index is 5.31. The van der Waals surface area contributed by atoms with Gasteiger partial charge >= 0.3 is 0 Å². The van der Waals surface area contributed by atoms with E-state index >= 15 is 0 Å². The summed E-state index contributed by atoms with van der Waals surface area (Å²) in [5.74, 6) is -1.01. The molecule has 6 N–H and O–H groups in total. The summed E-state index contributed by atoms with van der Waals surface area (Å²) < 4.78 is 0. The van der Waals surface area contributed by atoms with E-state index in [1.807, 2.05) is 19.0 Å². The molecule has 0 rings (SSSR count). The molecular formula is C5H16N4. The van der Waals surface area contributed by atoms with E-state index in [2.05, 4.69) is 0 Å². The van der Waals surface area contributed by atoms with Gasteiger partial charge in [0.25, 0.3) is 0 Å². The Morgan fingerprint density at radius 1 is 1.22 bits per heavy atom. The van der Waals surface area contributed by atoms with E-state index in [4.69, 9.17) is 17.2 Å². The fourth-order valence-corrected chi connectivity index (χ4v) is 0.417. The third-order valence-corrected chi connectivity index (χ3v) is 0.992. The molecule has 56 valence electrons. The molecule has 0 radical (unpaired) electrons. The van der Waals surface area contributed by atoms with E-state index in [1.165, 1.54) is 0 Å². The zero-order chi connectivity index (χ0) is 7.49. The number of hydrogen-bond acceptors (Lipinski definition) is 4. The van der Waals surface area contributed by atoms with E-state index in [-0.39, 0.29) is 0 Å². The Morgan fingerprint density at radius 2 is 1.67 bits per heavy atom. The van der Waals surface area contributed by atoms with Crippen molar-refractivity contribution in [3.05, 3.63) is 0 Å². The molecule has 0 amide bonds. The van der Waals surface area contributed by atoms with Crippen LogP contribution in [0.5, 0.6) is 0 Å². The Bertz CT molecular complexity index is 73.5. The van der Waals surface area contributed by atoms with Crippen molar-refractivity contribution >= 4 is 0 Å². The predicted molar refractivity (Wildman–Crippen MR) is 38.5 cm³/mol. The van der Waals surface area contributed by atoms with Gasteiger partial charge < -0.3 is 22.1 Å². The van der Waals surface area contributed by atoms with Gasteiger partial charge in [0, 0.05) is 13.0 Å². The highest BCUT2D eigenvalue weighted by molar-refractivity contribution is 4.68. The van der Waals surface area contributed by atoms with Crippen LogP contribution in [0.3, 0.4) is 0 Å². The van der Waals surface area contributed by atoms with Gasteiger partial charge in [-0.05, 0) is 14.1 Å². The minimum absolute atomic E-state index is 0.611. The largest absolute Gasteiger partial charge is 0.309 e. The Labute approximate surface area is 56.0 Å². The van der Waals surface area contributed by atoms with Crippen molar-refractivity contribution in [2.75, 3.05) is 20.6 Å². The van der Waals surface area contributed by atoms with E-state index in [1.54, 1.807) is 0 Å². The average molecular weight is 132 g/mol. The first-order valence-electron chi connectivity index (χ1n) is 2.93. The highest BCUT2D eigenvalue weighted by Gasteiger charge is 2.10. The van der Waals surface area contributed by atoms with E-state index < -0.39 is 5.79 Å². The van der Waals surface area contributed by atoms with Crippen molar-refractivity contribution in [3.63, 3.8) is 0 Å². The molecule has 0 fully saturated rings. The minimum atomic E-state index is -1.01. The summed E-state index contributed by atoms with van der Waals surface area (Å²) in [5.41, 5.74) is 15.9. The van der Waals surface area contributed by atoms with Crippen LogP contribution in [-0.2, 0) is 0 Å². The monoisotopic (exact) mass is 132 g/mol. The van der Waals surface area contributed by atoms with Crippen LogP contribution in [-0.4, -0.2) is 31.3 Å². The summed E-state index contributed by atoms with van der Waals surface area (Å²) >= 11 is 0. The third kappa shape index (κ3) is 7.84. The highest BCUT2D eigenvalue weighted by atomic mass is 15.1. The van der Waals surface area contributed by atoms with Gasteiger partial charge in [-0.1, -0.05) is 0 Å². The Balaban J connectivity index is 3.28. The van der Waals surface area contributed by atoms with Gasteiger partial charge in [0.15, 0.2) is 0 Å². The summed E-state index contributed by atoms with van der Waals surface area (Å²) in [4.78, 5) is 1.99. The van der Waals surface area contributed by atoms with Gasteiger partial charge in [-0.2, -0.15) is 0 Å². The highest BCUT2D eigenvalue weighted by Crippen LogP contribution is 1.88. The van der Waals surface area contributed by atoms with Gasteiger partial charge in [0.05, 0.1) is 0 Å². The van der Waals surface area contributed by atoms with E-state index in [9.17, 15) is 0 Å². The smallest absolute Gasteiger partial charge is 0.117 e. The quantitative estimate of drug-likeness (QED) is 0.407. The summed E-state index contributed by atoms with van der Waals surface area (Å²) in [6, 6.07) is 0. The van der Waals surface area contributed by atoms with Gasteiger partial charge in [0.2, 0.25) is 0 Å². The third-order valence-electron chi connectivity index (χ3n) is 0.992. The van der Waals surface area contributed by atoms with Gasteiger partial charge in [-0.25, -0.2) is 0 Å². The van der Waals surface area contributed by atoms with E-state index in [0.29, 0.717) is 6.42 Å². The molecule has 0 spiro atoms. The van der Waals surface area contributed by atoms with Crippen molar-refractivity contribution in [2.24, 2.45) is 17.2 Å². The average Bonchev–Trinajstić information content (AvgIpc) is 1.59. The minimum Gasteiger partial charge on any atom is -0.309 e. The molecule has 0 saturated carbocycles. The molecule has 0 aromatic heterocycles. The zero-order valence-corrected chi connectivity index (χ0v) is 6.09. The lowest BCUT2D eigenvalue weighted by atomic mass is 10.2. The summed E-state index contributed by atoms with van der Waals surface area (Å²) in [6.07, 6.45) is 0.611. The van der Waals surface area contributed by atoms with Crippen LogP contribution in [0, 0.1) is 0 Å². The van der Waals surface area contributed by atoms with Crippen molar-refractivity contribution in [3.8, 4) is 0 Å². The lowest BCUT2D eigenvalue weighted by molar-refractivity contribution is 0.325. The maximum atomic E-state index is 5.31. The maximum Gasteiger partial charge on any atom is 0.117 e. The van der Waals surface area contributed by atoms with Gasteiger partial charge in [-0.3, -0.25) is 0 Å². The first-order chi connectivity index (χ1) is 3.92. The fourth-order valence-electron chi connectivity index (χ4n) is 0.417. The molecule has 4 heteroatoms. The Morgan fingerprint density at radius 3 is 1.78 bits per heavy atom. The van der Waals surface area contributed by atoms with Crippen molar-refractivity contribution in [1.82, 2.24) is 4.90 Å². The second kappa shape index (κ2) is 3.12. The van der Waals surface area contributed by atoms with Crippen LogP contribution in [0.2, 0.25) is 0 Å². The molecule has 0 bridgehead atoms. The van der Waals surface area contributed by atoms with Crippen LogP contribution in [0.1, 0.15) is 6.42 Å². The first kappa shape index (κ1) is 8.84. The predicted octanol–water partition coefficient (Wildman–Crippen LogP) is -1.53. The first-order valence-corrected chi connectivity index (χ1v) is 2.93. The molecule has 0 aromatic rings. The summed E-state index contributed by atoms with van der Waals surface area (Å²) in [7, 11) is 3.90. The van der Waals surface area contributed by atoms with Crippen LogP contribution in [0.15, 0.2) is 0 Å². The lowest BCUT2D eigenvalue weighted by Crippen LogP contribution is -2.59. The molecule has 0 aliphatic heterocycles. The standard InChI is InChI=1S/C5H16N4/c1-9(2)4-3-5(6,7)8/h3-4,6-8H2,1-2H3. The molecule has 0 atom stereocenters. The van der Waals surface area contributed by atoms with Gasteiger partial charge in [-0.15, -0.1) is 0 Å². The molecular weight excluding hydrogens is 116 g/mol. The number of hydrogen-bond donors (Lipinski definition) is 3. The number of nitrogens with two attached hydrogens (primary N) is 3. The molecule has 0 heterocycles. The van der Waals surface area contributed by atoms with Crippen molar-refractivity contribution < 1.29 is 0 Å². The normalized spacial score (nSPS) is 12.7. The van der Waals surface area contributed by atoms with Crippen LogP contribution < -0.4 is 17.2 Å². The topological polar surface area (TPSA) is 81.3 Å². The Hall–Kier alpha value is -0.160. The molecule has 0 aliphatic carbocycles. The Kier molecular flexibility index (Phi) is 3.07. The summed E-state index contributed by atoms with van der Waals surface area (Å²) in [6.45, 7) is 0.823. The van der Waals surface area contributed by atoms with E-state index in [0.717, 1.165) is 6.54 Å². The fraction of sp³-hybridized carbons (Fsp3) is 1.00. The number of nitrogens with zero attached hydrogens (tertiary/aromatic N) is 1. The van der Waals surface area contributed by atoms with Gasteiger partial charge in [0.1, 0.15) is 5.79 Å². The number of rotatable bonds is 3. The van der Waals surface area contributed by atoms with Crippen molar-refractivity contribution in [2.45, 2.75) is 12.2 Å². The van der Waals surface area contributed by atoms with Crippen LogP contribution in [0.25, 0.3) is 0 Å². The second-order valence-corrected chi connectivity index (χ2v) is 2.67. The summed E-state index contributed by atoms with van der Waals surface area (Å²) in [5, 5.41) is 0. The molecule has 0 aromatic carbocycles. The lowest BCUT2D eigenvalue weighted by Gasteiger charge is -2.20. The molecule has 0 unspecified atom stereocenters. The van der Waals surface area contributed by atoms with Crippen LogP contribution >= 0.6 is 0 Å². The second-order valence-electron chi connectivity index (χ2n) is 2.67. The molecule has 4 nitrogen and oxygen atoms in total. The molecule has 0 aliphatic rings. The van der Waals surface area contributed by atoms with Crippen molar-refractivity contribution in [1.29, 1.82) is 0 Å². The molecule has 0 saturated heterocycles. The zero-order valence-electron chi connectivity index (χ0n) is 6.09.